The number of sulfonamides is 1. The van der Waals surface area contributed by atoms with Gasteiger partial charge in [-0.1, -0.05) is 11.6 Å². The highest BCUT2D eigenvalue weighted by Gasteiger charge is 2.50. The average Bonchev–Trinajstić information content (AvgIpc) is 2.45. The van der Waals surface area contributed by atoms with E-state index >= 15 is 0 Å². The number of urea groups is 1. The van der Waals surface area contributed by atoms with Gasteiger partial charge in [0.05, 0.1) is 14.1 Å². The minimum Gasteiger partial charge on any atom is -0.282 e. The molecule has 0 bridgehead atoms. The van der Waals surface area contributed by atoms with Crippen LogP contribution in [0, 0.1) is 0 Å². The standard InChI is InChI=1S/C13H15ClN3O4S/c1-8-11(12(18)17(3)13(19)16(8)2)22(20,21)15-10-6-4-9(14)5-7-10/h4-7,11,15H,1-3H3/q+1. The molecule has 1 unspecified atom stereocenters. The summed E-state index contributed by atoms with van der Waals surface area (Å²) in [4.78, 5) is 24.8. The number of halogens is 1. The van der Waals surface area contributed by atoms with Crippen LogP contribution in [-0.4, -0.2) is 54.9 Å². The van der Waals surface area contributed by atoms with Gasteiger partial charge in [0.1, 0.15) is 5.71 Å². The fraction of sp³-hybridized carbons (Fsp3) is 0.308. The van der Waals surface area contributed by atoms with E-state index in [0.717, 1.165) is 9.48 Å². The number of nitrogens with zero attached hydrogens (tertiary/aromatic N) is 2. The summed E-state index contributed by atoms with van der Waals surface area (Å²) in [7, 11) is -1.38. The third-order valence-electron chi connectivity index (χ3n) is 3.45. The molecule has 9 heteroatoms. The molecule has 22 heavy (non-hydrogen) atoms. The predicted octanol–water partition coefficient (Wildman–Crippen LogP) is 1.15. The van der Waals surface area contributed by atoms with Crippen molar-refractivity contribution >= 4 is 45.0 Å². The van der Waals surface area contributed by atoms with E-state index < -0.39 is 27.2 Å². The number of anilines is 1. The Morgan fingerprint density at radius 2 is 1.77 bits per heavy atom. The van der Waals surface area contributed by atoms with Gasteiger partial charge in [0.2, 0.25) is 5.25 Å². The fourth-order valence-corrected chi connectivity index (χ4v) is 3.84. The van der Waals surface area contributed by atoms with Crippen LogP contribution >= 0.6 is 11.6 Å². The van der Waals surface area contributed by atoms with E-state index in [1.54, 1.807) is 0 Å². The molecule has 0 aromatic heterocycles. The zero-order valence-electron chi connectivity index (χ0n) is 12.2. The summed E-state index contributed by atoms with van der Waals surface area (Å²) in [5.41, 5.74) is 0.432. The van der Waals surface area contributed by atoms with Gasteiger partial charge in [0, 0.05) is 10.7 Å². The smallest absolute Gasteiger partial charge is 0.282 e. The van der Waals surface area contributed by atoms with Gasteiger partial charge >= 0.3 is 11.9 Å². The first kappa shape index (κ1) is 16.4. The lowest BCUT2D eigenvalue weighted by molar-refractivity contribution is -0.405. The number of rotatable bonds is 3. The number of hydrogen-bond acceptors (Lipinski definition) is 4. The summed E-state index contributed by atoms with van der Waals surface area (Å²) in [5, 5.41) is -1.000. The number of benzene rings is 1. The molecular formula is C13H15ClN3O4S+. The van der Waals surface area contributed by atoms with Crippen LogP contribution in [0.2, 0.25) is 5.02 Å². The van der Waals surface area contributed by atoms with Crippen LogP contribution in [0.3, 0.4) is 0 Å². The molecule has 1 aromatic carbocycles. The van der Waals surface area contributed by atoms with Gasteiger partial charge in [-0.25, -0.2) is 13.2 Å². The Kier molecular flexibility index (Phi) is 4.25. The summed E-state index contributed by atoms with van der Waals surface area (Å²) in [5.74, 6) is -0.790. The fourth-order valence-electron chi connectivity index (χ4n) is 2.10. The van der Waals surface area contributed by atoms with Gasteiger partial charge in [0.15, 0.2) is 0 Å². The van der Waals surface area contributed by atoms with Crippen LogP contribution in [0.4, 0.5) is 10.5 Å². The number of hydrogen-bond donors (Lipinski definition) is 1. The van der Waals surface area contributed by atoms with Gasteiger partial charge in [0.25, 0.3) is 10.0 Å². The van der Waals surface area contributed by atoms with Crippen molar-refractivity contribution < 1.29 is 22.6 Å². The van der Waals surface area contributed by atoms with Crippen molar-refractivity contribution in [1.29, 1.82) is 0 Å². The number of imide groups is 1. The molecule has 2 rings (SSSR count). The molecule has 1 aliphatic heterocycles. The van der Waals surface area contributed by atoms with Gasteiger partial charge in [-0.3, -0.25) is 4.72 Å². The molecule has 1 heterocycles. The lowest BCUT2D eigenvalue weighted by Gasteiger charge is -2.23. The molecule has 1 aromatic rings. The topological polar surface area (TPSA) is 86.6 Å². The lowest BCUT2D eigenvalue weighted by atomic mass is 10.2. The first-order chi connectivity index (χ1) is 10.1. The van der Waals surface area contributed by atoms with E-state index in [1.807, 2.05) is 0 Å². The zero-order valence-corrected chi connectivity index (χ0v) is 13.8. The predicted molar refractivity (Wildman–Crippen MR) is 82.8 cm³/mol. The molecule has 3 amide bonds. The normalized spacial score (nSPS) is 19.6. The maximum Gasteiger partial charge on any atom is 0.500 e. The molecule has 1 atom stereocenters. The summed E-state index contributed by atoms with van der Waals surface area (Å²) in [6.45, 7) is 1.44. The molecule has 0 aliphatic carbocycles. The maximum atomic E-state index is 12.5. The summed E-state index contributed by atoms with van der Waals surface area (Å²) in [6, 6.07) is 5.46. The highest BCUT2D eigenvalue weighted by molar-refractivity contribution is 7.94. The maximum absolute atomic E-state index is 12.5. The van der Waals surface area contributed by atoms with Gasteiger partial charge in [-0.2, -0.15) is 14.3 Å². The summed E-state index contributed by atoms with van der Waals surface area (Å²) >= 11 is 5.75. The Hall–Kier alpha value is -1.93. The van der Waals surface area contributed by atoms with Crippen molar-refractivity contribution in [3.05, 3.63) is 29.3 Å². The van der Waals surface area contributed by atoms with E-state index in [2.05, 4.69) is 4.72 Å². The van der Waals surface area contributed by atoms with Crippen LogP contribution in [0.5, 0.6) is 0 Å². The summed E-state index contributed by atoms with van der Waals surface area (Å²) < 4.78 is 28.5. The van der Waals surface area contributed by atoms with Crippen LogP contribution in [0.25, 0.3) is 0 Å². The van der Waals surface area contributed by atoms with Gasteiger partial charge < -0.3 is 0 Å². The number of carbonyl (C=O) groups excluding carboxylic acids is 2. The highest BCUT2D eigenvalue weighted by atomic mass is 35.5. The van der Waals surface area contributed by atoms with E-state index in [1.165, 1.54) is 45.3 Å². The van der Waals surface area contributed by atoms with E-state index in [4.69, 9.17) is 11.6 Å². The Morgan fingerprint density at radius 3 is 2.32 bits per heavy atom. The monoisotopic (exact) mass is 344 g/mol. The molecule has 1 N–H and O–H groups in total. The molecule has 0 spiro atoms. The second-order valence-electron chi connectivity index (χ2n) is 4.91. The molecule has 0 radical (unpaired) electrons. The Balaban J connectivity index is 2.42. The first-order valence-corrected chi connectivity index (χ1v) is 8.23. The van der Waals surface area contributed by atoms with Crippen LogP contribution < -0.4 is 4.72 Å². The zero-order chi connectivity index (χ0) is 16.7. The van der Waals surface area contributed by atoms with Gasteiger partial charge in [-0.15, -0.1) is 0 Å². The molecule has 7 nitrogen and oxygen atoms in total. The minimum absolute atomic E-state index is 0.148. The van der Waals surface area contributed by atoms with E-state index in [9.17, 15) is 18.0 Å². The van der Waals surface area contributed by atoms with Crippen molar-refractivity contribution in [2.24, 2.45) is 0 Å². The van der Waals surface area contributed by atoms with Crippen molar-refractivity contribution in [1.82, 2.24) is 4.90 Å². The molecule has 118 valence electrons. The molecule has 0 fully saturated rings. The molecule has 0 saturated heterocycles. The van der Waals surface area contributed by atoms with Gasteiger partial charge in [-0.05, 0) is 31.2 Å². The van der Waals surface area contributed by atoms with Crippen LogP contribution in [-0.2, 0) is 14.8 Å². The Morgan fingerprint density at radius 1 is 1.23 bits per heavy atom. The van der Waals surface area contributed by atoms with Crippen LogP contribution in [0.1, 0.15) is 6.92 Å². The number of nitrogens with one attached hydrogen (secondary N) is 1. The SMILES string of the molecule is CC1=[N+](C)C(=O)N(C)C(=O)C1S(=O)(=O)Nc1ccc(Cl)cc1. The van der Waals surface area contributed by atoms with Crippen molar-refractivity contribution in [3.8, 4) is 0 Å². The van der Waals surface area contributed by atoms with Crippen molar-refractivity contribution in [2.45, 2.75) is 12.2 Å². The number of carbonyl (C=O) groups is 2. The van der Waals surface area contributed by atoms with E-state index in [0.29, 0.717) is 5.02 Å². The second kappa shape index (κ2) is 5.69. The van der Waals surface area contributed by atoms with Crippen molar-refractivity contribution in [2.75, 3.05) is 18.8 Å². The largest absolute Gasteiger partial charge is 0.500 e. The molecule has 0 saturated carbocycles. The molecule has 1 aliphatic rings. The first-order valence-electron chi connectivity index (χ1n) is 6.31. The lowest BCUT2D eigenvalue weighted by Crippen LogP contribution is -2.57. The second-order valence-corrected chi connectivity index (χ2v) is 7.12. The Bertz CT molecular complexity index is 771. The average molecular weight is 345 g/mol. The minimum atomic E-state index is -4.05. The number of amides is 3. The molecular weight excluding hydrogens is 330 g/mol. The van der Waals surface area contributed by atoms with E-state index in [-0.39, 0.29) is 11.4 Å². The summed E-state index contributed by atoms with van der Waals surface area (Å²) in [6.07, 6.45) is 0. The Labute approximate surface area is 133 Å². The van der Waals surface area contributed by atoms with Crippen LogP contribution in [0.15, 0.2) is 24.3 Å². The third-order valence-corrected chi connectivity index (χ3v) is 5.39. The quantitative estimate of drug-likeness (QED) is 0.833. The highest BCUT2D eigenvalue weighted by Crippen LogP contribution is 2.19. The third kappa shape index (κ3) is 2.84. The van der Waals surface area contributed by atoms with Crippen molar-refractivity contribution in [3.63, 3.8) is 0 Å².